The molecule has 0 aliphatic carbocycles. The summed E-state index contributed by atoms with van der Waals surface area (Å²) in [6.07, 6.45) is 0. The van der Waals surface area contributed by atoms with Gasteiger partial charge in [0.15, 0.2) is 16.8 Å². The van der Waals surface area contributed by atoms with E-state index < -0.39 is 5.25 Å². The quantitative estimate of drug-likeness (QED) is 0.254. The van der Waals surface area contributed by atoms with Crippen molar-refractivity contribution >= 4 is 29.1 Å². The van der Waals surface area contributed by atoms with Crippen molar-refractivity contribution < 1.29 is 14.3 Å². The molecule has 0 saturated heterocycles. The summed E-state index contributed by atoms with van der Waals surface area (Å²) in [5.41, 5.74) is 3.15. The van der Waals surface area contributed by atoms with Gasteiger partial charge in [0.2, 0.25) is 5.91 Å². The minimum Gasteiger partial charge on any atom is -0.496 e. The molecule has 0 aliphatic heterocycles. The number of Topliss-reactive ketones (excluding diaryl/α,β-unsaturated/α-hetero) is 1. The molecule has 0 saturated carbocycles. The van der Waals surface area contributed by atoms with Gasteiger partial charge in [-0.15, -0.1) is 10.2 Å². The summed E-state index contributed by atoms with van der Waals surface area (Å²) in [4.78, 5) is 24.4. The fourth-order valence-electron chi connectivity index (χ4n) is 3.56. The van der Waals surface area contributed by atoms with Gasteiger partial charge in [-0.05, 0) is 55.8 Å². The topological polar surface area (TPSA) is 86.1 Å². The maximum atomic E-state index is 12.9. The molecule has 178 valence electrons. The Morgan fingerprint density at radius 3 is 2.34 bits per heavy atom. The Balaban J connectivity index is 1.59. The summed E-state index contributed by atoms with van der Waals surface area (Å²) in [5, 5.41) is 12.0. The second-order valence-corrected chi connectivity index (χ2v) is 9.27. The third-order valence-corrected chi connectivity index (χ3v) is 6.54. The van der Waals surface area contributed by atoms with E-state index in [1.807, 2.05) is 66.1 Å². The number of nitrogens with one attached hydrogen (secondary N) is 1. The van der Waals surface area contributed by atoms with Crippen LogP contribution in [0.25, 0.3) is 11.4 Å². The van der Waals surface area contributed by atoms with E-state index in [0.717, 1.165) is 11.1 Å². The fraction of sp³-hybridized carbons (Fsp3) is 0.185. The molecule has 0 aliphatic rings. The van der Waals surface area contributed by atoms with E-state index in [1.165, 1.54) is 18.7 Å². The van der Waals surface area contributed by atoms with Gasteiger partial charge >= 0.3 is 0 Å². The van der Waals surface area contributed by atoms with E-state index in [0.29, 0.717) is 34.5 Å². The lowest BCUT2D eigenvalue weighted by molar-refractivity contribution is -0.115. The Morgan fingerprint density at radius 1 is 0.971 bits per heavy atom. The van der Waals surface area contributed by atoms with Crippen LogP contribution in [0.4, 0.5) is 5.69 Å². The molecule has 3 aromatic carbocycles. The van der Waals surface area contributed by atoms with Crippen molar-refractivity contribution in [1.29, 1.82) is 0 Å². The number of carbonyl (C=O) groups excluding carboxylic acids is 2. The molecule has 8 heteroatoms. The van der Waals surface area contributed by atoms with Crippen LogP contribution in [0, 0.1) is 0 Å². The van der Waals surface area contributed by atoms with E-state index in [9.17, 15) is 9.59 Å². The van der Waals surface area contributed by atoms with Gasteiger partial charge in [0.25, 0.3) is 0 Å². The summed E-state index contributed by atoms with van der Waals surface area (Å²) in [6, 6.07) is 24.6. The van der Waals surface area contributed by atoms with E-state index in [1.54, 1.807) is 31.4 Å². The zero-order chi connectivity index (χ0) is 24.8. The highest BCUT2D eigenvalue weighted by Crippen LogP contribution is 2.33. The molecule has 1 heterocycles. The van der Waals surface area contributed by atoms with Crippen molar-refractivity contribution in [2.75, 3.05) is 12.4 Å². The highest BCUT2D eigenvalue weighted by molar-refractivity contribution is 8.00. The van der Waals surface area contributed by atoms with Crippen LogP contribution in [0.1, 0.15) is 29.8 Å². The molecule has 0 bridgehead atoms. The number of anilines is 1. The molecule has 0 radical (unpaired) electrons. The lowest BCUT2D eigenvalue weighted by Crippen LogP contribution is -2.23. The number of para-hydroxylation sites is 1. The normalized spacial score (nSPS) is 11.6. The Bertz CT molecular complexity index is 1320. The summed E-state index contributed by atoms with van der Waals surface area (Å²) in [5.74, 6) is 1.18. The molecular formula is C27H26N4O3S. The molecule has 4 aromatic rings. The van der Waals surface area contributed by atoms with Gasteiger partial charge in [0.1, 0.15) is 5.75 Å². The molecule has 0 fully saturated rings. The van der Waals surface area contributed by atoms with Gasteiger partial charge in [-0.25, -0.2) is 0 Å². The number of methoxy groups -OCH3 is 1. The number of aromatic nitrogens is 3. The Kier molecular flexibility index (Phi) is 7.62. The molecular weight excluding hydrogens is 460 g/mol. The standard InChI is InChI=1S/C27H26N4O3S/c1-18(32)21-13-15-22(16-14-21)28-26(33)19(2)35-27-30-29-25(23-11-7-8-12-24(23)34-3)31(27)17-20-9-5-4-6-10-20/h4-16,19H,17H2,1-3H3,(H,28,33)/t19-/m0/s1. The van der Waals surface area contributed by atoms with Crippen molar-refractivity contribution in [3.05, 3.63) is 90.0 Å². The number of carbonyl (C=O) groups is 2. The second-order valence-electron chi connectivity index (χ2n) is 7.96. The van der Waals surface area contributed by atoms with Crippen LogP contribution in [0.5, 0.6) is 5.75 Å². The highest BCUT2D eigenvalue weighted by atomic mass is 32.2. The van der Waals surface area contributed by atoms with Crippen LogP contribution < -0.4 is 10.1 Å². The van der Waals surface area contributed by atoms with E-state index in [2.05, 4.69) is 15.5 Å². The average molecular weight is 487 g/mol. The van der Waals surface area contributed by atoms with Crippen LogP contribution in [-0.4, -0.2) is 38.8 Å². The third kappa shape index (κ3) is 5.78. The number of benzene rings is 3. The molecule has 35 heavy (non-hydrogen) atoms. The van der Waals surface area contributed by atoms with Gasteiger partial charge in [0.05, 0.1) is 24.5 Å². The van der Waals surface area contributed by atoms with Crippen molar-refractivity contribution in [2.24, 2.45) is 0 Å². The van der Waals surface area contributed by atoms with Gasteiger partial charge in [-0.3, -0.25) is 14.2 Å². The Hall–Kier alpha value is -3.91. The van der Waals surface area contributed by atoms with Gasteiger partial charge in [-0.1, -0.05) is 54.2 Å². The number of ketones is 1. The first-order valence-electron chi connectivity index (χ1n) is 11.2. The number of thioether (sulfide) groups is 1. The molecule has 4 rings (SSSR count). The molecule has 0 unspecified atom stereocenters. The molecule has 1 amide bonds. The summed E-state index contributed by atoms with van der Waals surface area (Å²) >= 11 is 1.34. The highest BCUT2D eigenvalue weighted by Gasteiger charge is 2.22. The smallest absolute Gasteiger partial charge is 0.237 e. The number of hydrogen-bond donors (Lipinski definition) is 1. The van der Waals surface area contributed by atoms with Crippen LogP contribution in [0.15, 0.2) is 84.0 Å². The van der Waals surface area contributed by atoms with Crippen LogP contribution in [-0.2, 0) is 11.3 Å². The van der Waals surface area contributed by atoms with E-state index >= 15 is 0 Å². The Morgan fingerprint density at radius 2 is 1.66 bits per heavy atom. The molecule has 0 spiro atoms. The third-order valence-electron chi connectivity index (χ3n) is 5.46. The minimum absolute atomic E-state index is 0.0181. The van der Waals surface area contributed by atoms with Crippen LogP contribution in [0.3, 0.4) is 0 Å². The number of nitrogens with zero attached hydrogens (tertiary/aromatic N) is 3. The number of ether oxygens (including phenoxy) is 1. The molecule has 7 nitrogen and oxygen atoms in total. The lowest BCUT2D eigenvalue weighted by Gasteiger charge is -2.15. The summed E-state index contributed by atoms with van der Waals surface area (Å²) in [7, 11) is 1.63. The van der Waals surface area contributed by atoms with Crippen molar-refractivity contribution in [3.63, 3.8) is 0 Å². The minimum atomic E-state index is -0.438. The molecule has 1 atom stereocenters. The van der Waals surface area contributed by atoms with Gasteiger partial charge in [0, 0.05) is 11.3 Å². The summed E-state index contributed by atoms with van der Waals surface area (Å²) in [6.45, 7) is 3.88. The maximum Gasteiger partial charge on any atom is 0.237 e. The zero-order valence-corrected chi connectivity index (χ0v) is 20.6. The largest absolute Gasteiger partial charge is 0.496 e. The van der Waals surface area contributed by atoms with Crippen molar-refractivity contribution in [2.45, 2.75) is 30.8 Å². The monoisotopic (exact) mass is 486 g/mol. The lowest BCUT2D eigenvalue weighted by atomic mass is 10.1. The first-order chi connectivity index (χ1) is 17.0. The van der Waals surface area contributed by atoms with Crippen LogP contribution in [0.2, 0.25) is 0 Å². The number of rotatable bonds is 9. The second kappa shape index (κ2) is 11.0. The van der Waals surface area contributed by atoms with Crippen molar-refractivity contribution in [1.82, 2.24) is 14.8 Å². The average Bonchev–Trinajstić information content (AvgIpc) is 3.26. The van der Waals surface area contributed by atoms with Crippen LogP contribution >= 0.6 is 11.8 Å². The zero-order valence-electron chi connectivity index (χ0n) is 19.8. The SMILES string of the molecule is COc1ccccc1-c1nnc(S[C@@H](C)C(=O)Nc2ccc(C(C)=O)cc2)n1Cc1ccccc1. The predicted octanol–water partition coefficient (Wildman–Crippen LogP) is 5.32. The fourth-order valence-corrected chi connectivity index (χ4v) is 4.41. The van der Waals surface area contributed by atoms with E-state index in [-0.39, 0.29) is 11.7 Å². The Labute approximate surface area is 208 Å². The maximum absolute atomic E-state index is 12.9. The van der Waals surface area contributed by atoms with Gasteiger partial charge < -0.3 is 10.1 Å². The first-order valence-corrected chi connectivity index (χ1v) is 12.0. The number of hydrogen-bond acceptors (Lipinski definition) is 6. The van der Waals surface area contributed by atoms with Crippen molar-refractivity contribution in [3.8, 4) is 17.1 Å². The molecule has 1 aromatic heterocycles. The van der Waals surface area contributed by atoms with Gasteiger partial charge in [-0.2, -0.15) is 0 Å². The first kappa shape index (κ1) is 24.2. The predicted molar refractivity (Wildman–Crippen MR) is 138 cm³/mol. The summed E-state index contributed by atoms with van der Waals surface area (Å²) < 4.78 is 7.55. The van der Waals surface area contributed by atoms with E-state index in [4.69, 9.17) is 4.74 Å². The molecule has 1 N–H and O–H groups in total. The number of amides is 1.